The molecule has 0 aliphatic rings. The van der Waals surface area contributed by atoms with E-state index in [1.54, 1.807) is 13.8 Å². The van der Waals surface area contributed by atoms with E-state index in [1.807, 2.05) is 6.26 Å². The fourth-order valence-corrected chi connectivity index (χ4v) is 3.20. The van der Waals surface area contributed by atoms with Crippen molar-refractivity contribution < 1.29 is 29.4 Å². The predicted molar refractivity (Wildman–Crippen MR) is 119 cm³/mol. The molecular weight excluding hydrogens is 440 g/mol. The minimum absolute atomic E-state index is 0.0291. The zero-order valence-electron chi connectivity index (χ0n) is 18.3. The van der Waals surface area contributed by atoms with E-state index in [4.69, 9.17) is 10.8 Å². The first kappa shape index (κ1) is 27.4. The quantitative estimate of drug-likeness (QED) is 0.163. The van der Waals surface area contributed by atoms with Crippen molar-refractivity contribution in [3.63, 3.8) is 0 Å². The van der Waals surface area contributed by atoms with Crippen LogP contribution in [0.1, 0.15) is 26.0 Å². The van der Waals surface area contributed by atoms with Gasteiger partial charge in [-0.05, 0) is 24.3 Å². The maximum absolute atomic E-state index is 12.9. The molecule has 0 radical (unpaired) electrons. The van der Waals surface area contributed by atoms with E-state index in [0.717, 1.165) is 0 Å². The Balaban J connectivity index is 3.01. The molecule has 4 atom stereocenters. The molecule has 1 aromatic rings. The van der Waals surface area contributed by atoms with Gasteiger partial charge in [-0.2, -0.15) is 11.8 Å². The van der Waals surface area contributed by atoms with Gasteiger partial charge in [0, 0.05) is 18.3 Å². The molecule has 0 aliphatic heterocycles. The van der Waals surface area contributed by atoms with Crippen LogP contribution in [0.4, 0.5) is 0 Å². The largest absolute Gasteiger partial charge is 0.480 e. The van der Waals surface area contributed by atoms with Gasteiger partial charge >= 0.3 is 5.97 Å². The number of nitrogens with zero attached hydrogens (tertiary/aromatic N) is 1. The Morgan fingerprint density at radius 2 is 1.78 bits per heavy atom. The van der Waals surface area contributed by atoms with Crippen LogP contribution in [0.15, 0.2) is 12.5 Å². The van der Waals surface area contributed by atoms with Crippen LogP contribution in [0.3, 0.4) is 0 Å². The third kappa shape index (κ3) is 8.85. The average Bonchev–Trinajstić information content (AvgIpc) is 3.25. The number of nitrogens with one attached hydrogen (secondary N) is 4. The lowest BCUT2D eigenvalue weighted by atomic mass is 10.0. The van der Waals surface area contributed by atoms with Crippen molar-refractivity contribution in [2.45, 2.75) is 50.9 Å². The SMILES string of the molecule is CSCCC(NC(=O)C(Cc1cnc[nH]1)NC(=O)C(NC(=O)C(N)CO)C(C)C)C(=O)O. The summed E-state index contributed by atoms with van der Waals surface area (Å²) in [6.07, 6.45) is 4.97. The number of aliphatic hydroxyl groups excluding tert-OH is 1. The first-order chi connectivity index (χ1) is 15.1. The van der Waals surface area contributed by atoms with Gasteiger partial charge in [0.1, 0.15) is 24.2 Å². The van der Waals surface area contributed by atoms with E-state index < -0.39 is 54.5 Å². The molecule has 1 heterocycles. The summed E-state index contributed by atoms with van der Waals surface area (Å²) in [4.78, 5) is 56.1. The van der Waals surface area contributed by atoms with Gasteiger partial charge < -0.3 is 36.9 Å². The standard InChI is InChI=1S/C19H32N6O6S/c1-10(2)15(25-16(27)12(20)8-26)18(29)24-14(6-11-7-21-9-22-11)17(28)23-13(19(30)31)4-5-32-3/h7,9-10,12-15,26H,4-6,8,20H2,1-3H3,(H,21,22)(H,23,28)(H,24,29)(H,25,27)(H,30,31). The second kappa shape index (κ2) is 13.7. The molecule has 0 fully saturated rings. The maximum atomic E-state index is 12.9. The number of nitrogens with two attached hydrogens (primary N) is 1. The second-order valence-electron chi connectivity index (χ2n) is 7.54. The van der Waals surface area contributed by atoms with Crippen LogP contribution in [-0.2, 0) is 25.6 Å². The molecule has 32 heavy (non-hydrogen) atoms. The summed E-state index contributed by atoms with van der Waals surface area (Å²) >= 11 is 1.45. The highest BCUT2D eigenvalue weighted by atomic mass is 32.2. The molecule has 1 rings (SSSR count). The minimum Gasteiger partial charge on any atom is -0.480 e. The lowest BCUT2D eigenvalue weighted by molar-refractivity contribution is -0.142. The number of amides is 3. The number of carboxylic acid groups (broad SMARTS) is 1. The number of carbonyl (C=O) groups excluding carboxylic acids is 3. The van der Waals surface area contributed by atoms with Crippen molar-refractivity contribution in [2.75, 3.05) is 18.6 Å². The Labute approximate surface area is 190 Å². The molecule has 4 unspecified atom stereocenters. The molecule has 3 amide bonds. The van der Waals surface area contributed by atoms with E-state index in [-0.39, 0.29) is 18.8 Å². The Kier molecular flexibility index (Phi) is 11.7. The molecule has 180 valence electrons. The van der Waals surface area contributed by atoms with Crippen molar-refractivity contribution in [1.82, 2.24) is 25.9 Å². The van der Waals surface area contributed by atoms with Crippen molar-refractivity contribution in [2.24, 2.45) is 11.7 Å². The highest BCUT2D eigenvalue weighted by Crippen LogP contribution is 2.07. The number of thioether (sulfide) groups is 1. The third-order valence-corrected chi connectivity index (χ3v) is 5.26. The molecule has 1 aromatic heterocycles. The number of aliphatic hydroxyl groups is 1. The number of rotatable bonds is 14. The zero-order valence-corrected chi connectivity index (χ0v) is 19.1. The van der Waals surface area contributed by atoms with Crippen LogP contribution in [0.2, 0.25) is 0 Å². The lowest BCUT2D eigenvalue weighted by Crippen LogP contribution is -2.59. The highest BCUT2D eigenvalue weighted by Gasteiger charge is 2.31. The fraction of sp³-hybridized carbons (Fsp3) is 0.632. The van der Waals surface area contributed by atoms with Crippen LogP contribution in [0.5, 0.6) is 0 Å². The summed E-state index contributed by atoms with van der Waals surface area (Å²) < 4.78 is 0. The van der Waals surface area contributed by atoms with Gasteiger partial charge in [0.2, 0.25) is 17.7 Å². The summed E-state index contributed by atoms with van der Waals surface area (Å²) in [5.41, 5.74) is 6.05. The smallest absolute Gasteiger partial charge is 0.326 e. The molecule has 0 saturated heterocycles. The van der Waals surface area contributed by atoms with E-state index in [9.17, 15) is 24.3 Å². The fourth-order valence-electron chi connectivity index (χ4n) is 2.73. The molecule has 0 spiro atoms. The summed E-state index contributed by atoms with van der Waals surface area (Å²) in [6, 6.07) is -4.45. The van der Waals surface area contributed by atoms with Crippen LogP contribution in [-0.4, -0.2) is 86.7 Å². The summed E-state index contributed by atoms with van der Waals surface area (Å²) in [6.45, 7) is 2.80. The Morgan fingerprint density at radius 1 is 1.12 bits per heavy atom. The van der Waals surface area contributed by atoms with Crippen LogP contribution < -0.4 is 21.7 Å². The van der Waals surface area contributed by atoms with Gasteiger partial charge in [-0.3, -0.25) is 14.4 Å². The monoisotopic (exact) mass is 472 g/mol. The minimum atomic E-state index is -1.19. The number of aromatic nitrogens is 2. The van der Waals surface area contributed by atoms with E-state index >= 15 is 0 Å². The Bertz CT molecular complexity index is 759. The highest BCUT2D eigenvalue weighted by molar-refractivity contribution is 7.98. The number of H-pyrrole nitrogens is 1. The topological polar surface area (TPSA) is 200 Å². The number of aliphatic carboxylic acids is 1. The van der Waals surface area contributed by atoms with Crippen molar-refractivity contribution in [1.29, 1.82) is 0 Å². The van der Waals surface area contributed by atoms with Crippen LogP contribution >= 0.6 is 11.8 Å². The van der Waals surface area contributed by atoms with Gasteiger partial charge in [-0.15, -0.1) is 0 Å². The Morgan fingerprint density at radius 3 is 2.28 bits per heavy atom. The van der Waals surface area contributed by atoms with Gasteiger partial charge in [-0.1, -0.05) is 13.8 Å². The van der Waals surface area contributed by atoms with Crippen molar-refractivity contribution in [3.8, 4) is 0 Å². The van der Waals surface area contributed by atoms with Crippen LogP contribution in [0, 0.1) is 5.92 Å². The van der Waals surface area contributed by atoms with Crippen LogP contribution in [0.25, 0.3) is 0 Å². The lowest BCUT2D eigenvalue weighted by Gasteiger charge is -2.26. The summed E-state index contributed by atoms with van der Waals surface area (Å²) in [5.74, 6) is -3.03. The van der Waals surface area contributed by atoms with Crippen molar-refractivity contribution in [3.05, 3.63) is 18.2 Å². The first-order valence-corrected chi connectivity index (χ1v) is 11.5. The molecule has 13 heteroatoms. The molecule has 12 nitrogen and oxygen atoms in total. The van der Waals surface area contributed by atoms with Gasteiger partial charge in [-0.25, -0.2) is 9.78 Å². The molecular formula is C19H32N6O6S. The average molecular weight is 473 g/mol. The third-order valence-electron chi connectivity index (χ3n) is 4.62. The summed E-state index contributed by atoms with van der Waals surface area (Å²) in [7, 11) is 0. The molecule has 0 bridgehead atoms. The number of carboxylic acids is 1. The Hall–Kier alpha value is -2.64. The second-order valence-corrected chi connectivity index (χ2v) is 8.53. The maximum Gasteiger partial charge on any atom is 0.326 e. The van der Waals surface area contributed by atoms with E-state index in [2.05, 4.69) is 25.9 Å². The van der Waals surface area contributed by atoms with Gasteiger partial charge in [0.05, 0.1) is 12.9 Å². The number of carbonyl (C=O) groups is 4. The summed E-state index contributed by atoms with van der Waals surface area (Å²) in [5, 5.41) is 26.0. The van der Waals surface area contributed by atoms with E-state index in [0.29, 0.717) is 11.4 Å². The zero-order chi connectivity index (χ0) is 24.3. The van der Waals surface area contributed by atoms with Gasteiger partial charge in [0.25, 0.3) is 0 Å². The predicted octanol–water partition coefficient (Wildman–Crippen LogP) is -1.78. The van der Waals surface area contributed by atoms with Crippen molar-refractivity contribution >= 4 is 35.5 Å². The molecule has 0 saturated carbocycles. The molecule has 8 N–H and O–H groups in total. The number of hydrogen-bond donors (Lipinski definition) is 7. The first-order valence-electron chi connectivity index (χ1n) is 10.1. The number of hydrogen-bond acceptors (Lipinski definition) is 8. The number of imidazole rings is 1. The molecule has 0 aliphatic carbocycles. The molecule has 0 aromatic carbocycles. The van der Waals surface area contributed by atoms with E-state index in [1.165, 1.54) is 24.3 Å². The normalized spacial score (nSPS) is 14.8. The number of aromatic amines is 1. The van der Waals surface area contributed by atoms with Gasteiger partial charge in [0.15, 0.2) is 0 Å².